The second-order valence-electron chi connectivity index (χ2n) is 8.75. The Kier molecular flexibility index (Phi) is 8.40. The largest absolute Gasteiger partial charge is 0.393 e. The Morgan fingerprint density at radius 2 is 1.83 bits per heavy atom. The smallest absolute Gasteiger partial charge is 0.131 e. The highest BCUT2D eigenvalue weighted by atomic mass is 32.1. The molecule has 1 aromatic carbocycles. The number of hydrogen-bond acceptors (Lipinski definition) is 5. The van der Waals surface area contributed by atoms with E-state index in [4.69, 9.17) is 0 Å². The summed E-state index contributed by atoms with van der Waals surface area (Å²) < 4.78 is 14.7. The lowest BCUT2D eigenvalue weighted by atomic mass is 9.84. The van der Waals surface area contributed by atoms with E-state index in [-0.39, 0.29) is 23.4 Å². The highest BCUT2D eigenvalue weighted by molar-refractivity contribution is 7.19. The number of Topliss-reactive ketones (excluding diaryl/α,β-unsaturated/α-hetero) is 1. The van der Waals surface area contributed by atoms with Gasteiger partial charge in [-0.05, 0) is 69.1 Å². The third-order valence-corrected chi connectivity index (χ3v) is 7.67. The monoisotopic (exact) mass is 436 g/mol. The highest BCUT2D eigenvalue weighted by Gasteiger charge is 2.40. The molecule has 1 aliphatic carbocycles. The van der Waals surface area contributed by atoms with Crippen LogP contribution in [0.15, 0.2) is 24.3 Å². The Morgan fingerprint density at radius 1 is 1.13 bits per heavy atom. The molecule has 0 aliphatic heterocycles. The summed E-state index contributed by atoms with van der Waals surface area (Å²) >= 11 is 1.40. The van der Waals surface area contributed by atoms with Crippen molar-refractivity contribution in [2.24, 2.45) is 11.8 Å². The Morgan fingerprint density at radius 3 is 2.53 bits per heavy atom. The zero-order valence-electron chi connectivity index (χ0n) is 17.6. The maximum absolute atomic E-state index is 13.9. The van der Waals surface area contributed by atoms with Crippen molar-refractivity contribution < 1.29 is 24.5 Å². The maximum atomic E-state index is 13.9. The molecule has 0 radical (unpaired) electrons. The van der Waals surface area contributed by atoms with Gasteiger partial charge in [0.25, 0.3) is 0 Å². The minimum absolute atomic E-state index is 0.0296. The molecule has 1 unspecified atom stereocenters. The molecule has 0 amide bonds. The molecule has 2 aromatic rings. The van der Waals surface area contributed by atoms with Crippen LogP contribution >= 0.6 is 11.3 Å². The Bertz CT molecular complexity index is 836. The molecule has 1 aromatic heterocycles. The second-order valence-corrected chi connectivity index (χ2v) is 9.86. The van der Waals surface area contributed by atoms with Crippen molar-refractivity contribution in [1.29, 1.82) is 0 Å². The number of hydrogen-bond donors (Lipinski definition) is 3. The van der Waals surface area contributed by atoms with Gasteiger partial charge in [-0.1, -0.05) is 25.3 Å². The van der Waals surface area contributed by atoms with Crippen LogP contribution < -0.4 is 0 Å². The zero-order valence-corrected chi connectivity index (χ0v) is 18.4. The lowest BCUT2D eigenvalue weighted by Crippen LogP contribution is -2.23. The minimum atomic E-state index is -0.695. The summed E-state index contributed by atoms with van der Waals surface area (Å²) in [7, 11) is 0. The van der Waals surface area contributed by atoms with E-state index < -0.39 is 18.3 Å². The van der Waals surface area contributed by atoms with Crippen LogP contribution in [0.5, 0.6) is 0 Å². The number of halogens is 1. The van der Waals surface area contributed by atoms with Crippen molar-refractivity contribution in [2.45, 2.75) is 83.0 Å². The number of unbranched alkanes of at least 4 members (excludes halogenated alkanes) is 3. The number of aliphatic hydroxyl groups is 3. The third-order valence-electron chi connectivity index (χ3n) is 6.47. The summed E-state index contributed by atoms with van der Waals surface area (Å²) in [5, 5.41) is 32.0. The SMILES string of the molecule is CC(=O)CCCCCC[C@@H]1[C@@H](CCC(O)c2cc3c(F)cccc3s2)[C@H](O)C[C@@H]1O. The van der Waals surface area contributed by atoms with Gasteiger partial charge in [-0.15, -0.1) is 11.3 Å². The van der Waals surface area contributed by atoms with E-state index in [2.05, 4.69) is 0 Å². The third kappa shape index (κ3) is 5.88. The average Bonchev–Trinajstić information content (AvgIpc) is 3.24. The fraction of sp³-hybridized carbons (Fsp3) is 0.625. The first-order valence-electron chi connectivity index (χ1n) is 11.1. The van der Waals surface area contributed by atoms with Gasteiger partial charge in [-0.3, -0.25) is 0 Å². The number of ketones is 1. The number of carbonyl (C=O) groups excluding carboxylic acids is 1. The van der Waals surface area contributed by atoms with Crippen LogP contribution in [0.25, 0.3) is 10.1 Å². The summed E-state index contributed by atoms with van der Waals surface area (Å²) in [5.74, 6) is -0.0397. The van der Waals surface area contributed by atoms with Crippen molar-refractivity contribution in [3.63, 3.8) is 0 Å². The molecule has 30 heavy (non-hydrogen) atoms. The van der Waals surface area contributed by atoms with Crippen LogP contribution in [0.2, 0.25) is 0 Å². The van der Waals surface area contributed by atoms with Crippen molar-refractivity contribution in [3.8, 4) is 0 Å². The summed E-state index contributed by atoms with van der Waals surface area (Å²) in [6.07, 6.45) is 5.17. The quantitative estimate of drug-likeness (QED) is 0.426. The van der Waals surface area contributed by atoms with Gasteiger partial charge in [0.05, 0.1) is 18.3 Å². The molecule has 1 aliphatic rings. The molecule has 0 spiro atoms. The molecule has 4 nitrogen and oxygen atoms in total. The van der Waals surface area contributed by atoms with Gasteiger partial charge in [0, 0.05) is 21.4 Å². The molecule has 3 N–H and O–H groups in total. The lowest BCUT2D eigenvalue weighted by molar-refractivity contribution is -0.117. The predicted molar refractivity (Wildman–Crippen MR) is 118 cm³/mol. The van der Waals surface area contributed by atoms with Gasteiger partial charge in [0.2, 0.25) is 0 Å². The second kappa shape index (κ2) is 10.8. The van der Waals surface area contributed by atoms with Crippen LogP contribution in [0.1, 0.15) is 75.7 Å². The van der Waals surface area contributed by atoms with Crippen LogP contribution in [0, 0.1) is 17.7 Å². The standard InChI is InChI=1S/C24H33FO4S/c1-15(26)7-4-2-3-5-8-16-17(22(29)14-21(16)28)11-12-20(27)24-13-18-19(25)9-6-10-23(18)30-24/h6,9-10,13,16-17,20-22,27-29H,2-5,7-8,11-12,14H2,1H3/t16-,17-,20?,21+,22-/m1/s1. The number of aliphatic hydroxyl groups excluding tert-OH is 3. The van der Waals surface area contributed by atoms with Gasteiger partial charge < -0.3 is 20.1 Å². The van der Waals surface area contributed by atoms with Gasteiger partial charge in [-0.2, -0.15) is 0 Å². The molecule has 1 fully saturated rings. The molecular formula is C24H33FO4S. The Labute approximate surface area is 181 Å². The predicted octanol–water partition coefficient (Wildman–Crippen LogP) is 5.14. The Balaban J connectivity index is 1.51. The summed E-state index contributed by atoms with van der Waals surface area (Å²) in [5.41, 5.74) is 0. The zero-order chi connectivity index (χ0) is 21.7. The van der Waals surface area contributed by atoms with Gasteiger partial charge >= 0.3 is 0 Å². The van der Waals surface area contributed by atoms with Crippen molar-refractivity contribution in [2.75, 3.05) is 0 Å². The van der Waals surface area contributed by atoms with Crippen LogP contribution in [-0.4, -0.2) is 33.3 Å². The first-order chi connectivity index (χ1) is 14.4. The number of benzene rings is 1. The molecule has 0 bridgehead atoms. The summed E-state index contributed by atoms with van der Waals surface area (Å²) in [6.45, 7) is 1.62. The fourth-order valence-corrected chi connectivity index (χ4v) is 5.89. The van der Waals surface area contributed by atoms with Crippen molar-refractivity contribution in [1.82, 2.24) is 0 Å². The minimum Gasteiger partial charge on any atom is -0.393 e. The maximum Gasteiger partial charge on any atom is 0.131 e. The normalized spacial score (nSPS) is 25.1. The molecule has 0 saturated heterocycles. The Hall–Kier alpha value is -1.34. The van der Waals surface area contributed by atoms with Crippen LogP contribution in [-0.2, 0) is 4.79 Å². The van der Waals surface area contributed by atoms with E-state index in [0.29, 0.717) is 31.1 Å². The van der Waals surface area contributed by atoms with Gasteiger partial charge in [-0.25, -0.2) is 4.39 Å². The van der Waals surface area contributed by atoms with Gasteiger partial charge in [0.1, 0.15) is 11.6 Å². The lowest BCUT2D eigenvalue weighted by Gasteiger charge is -2.24. The van der Waals surface area contributed by atoms with E-state index >= 15 is 0 Å². The molecule has 6 heteroatoms. The van der Waals surface area contributed by atoms with E-state index in [9.17, 15) is 24.5 Å². The van der Waals surface area contributed by atoms with E-state index in [1.54, 1.807) is 19.1 Å². The highest BCUT2D eigenvalue weighted by Crippen LogP contribution is 2.41. The first-order valence-corrected chi connectivity index (χ1v) is 11.9. The molecule has 3 rings (SSSR count). The van der Waals surface area contributed by atoms with Crippen LogP contribution in [0.3, 0.4) is 0 Å². The van der Waals surface area contributed by atoms with Gasteiger partial charge in [0.15, 0.2) is 0 Å². The molecule has 1 heterocycles. The van der Waals surface area contributed by atoms with Crippen molar-refractivity contribution >= 4 is 27.2 Å². The average molecular weight is 437 g/mol. The number of carbonyl (C=O) groups is 1. The summed E-state index contributed by atoms with van der Waals surface area (Å²) in [4.78, 5) is 11.7. The molecule has 1 saturated carbocycles. The van der Waals surface area contributed by atoms with E-state index in [1.807, 2.05) is 6.07 Å². The van der Waals surface area contributed by atoms with E-state index in [0.717, 1.165) is 41.7 Å². The molecule has 166 valence electrons. The first kappa shape index (κ1) is 23.3. The fourth-order valence-electron chi connectivity index (χ4n) is 4.79. The van der Waals surface area contributed by atoms with E-state index in [1.165, 1.54) is 17.4 Å². The summed E-state index contributed by atoms with van der Waals surface area (Å²) in [6, 6.07) is 6.67. The molecular weight excluding hydrogens is 403 g/mol. The number of fused-ring (bicyclic) bond motifs is 1. The number of rotatable bonds is 11. The number of thiophene rings is 1. The molecule has 5 atom stereocenters. The van der Waals surface area contributed by atoms with Crippen molar-refractivity contribution in [3.05, 3.63) is 35.0 Å². The topological polar surface area (TPSA) is 77.8 Å². The van der Waals surface area contributed by atoms with Crippen LogP contribution in [0.4, 0.5) is 4.39 Å².